The maximum atomic E-state index is 14.1. The molecule has 1 saturated carbocycles. The van der Waals surface area contributed by atoms with Gasteiger partial charge in [-0.25, -0.2) is 13.6 Å². The van der Waals surface area contributed by atoms with Gasteiger partial charge in [0.1, 0.15) is 23.4 Å². The van der Waals surface area contributed by atoms with E-state index in [9.17, 15) is 18.8 Å². The van der Waals surface area contributed by atoms with Crippen LogP contribution in [0.15, 0.2) is 18.2 Å². The molecule has 2 unspecified atom stereocenters. The fourth-order valence-electron chi connectivity index (χ4n) is 4.39. The van der Waals surface area contributed by atoms with Crippen LogP contribution in [-0.2, 0) is 0 Å². The SMILES string of the molecule is N#Cc1c(-c2c(F)cccc2F)nnn1C(=O)N1CCCC2CCCCC21. The number of likely N-dealkylation sites (tertiary alicyclic amines) is 1. The van der Waals surface area contributed by atoms with Gasteiger partial charge in [-0.2, -0.15) is 9.94 Å². The maximum absolute atomic E-state index is 14.1. The minimum Gasteiger partial charge on any atom is -0.320 e. The summed E-state index contributed by atoms with van der Waals surface area (Å²) in [6.45, 7) is 0.591. The molecule has 1 amide bonds. The minimum atomic E-state index is -0.851. The van der Waals surface area contributed by atoms with Gasteiger partial charge in [-0.3, -0.25) is 0 Å². The summed E-state index contributed by atoms with van der Waals surface area (Å²) in [6, 6.07) is 4.92. The first kappa shape index (κ1) is 17.6. The van der Waals surface area contributed by atoms with E-state index in [1.807, 2.05) is 6.07 Å². The molecule has 1 aromatic carbocycles. The van der Waals surface area contributed by atoms with E-state index in [4.69, 9.17) is 0 Å². The summed E-state index contributed by atoms with van der Waals surface area (Å²) in [5.74, 6) is -1.23. The van der Waals surface area contributed by atoms with Crippen molar-refractivity contribution >= 4 is 6.03 Å². The molecule has 140 valence electrons. The van der Waals surface area contributed by atoms with E-state index in [1.54, 1.807) is 4.90 Å². The third kappa shape index (κ3) is 2.97. The first-order valence-electron chi connectivity index (χ1n) is 9.23. The van der Waals surface area contributed by atoms with Crippen LogP contribution in [0.1, 0.15) is 44.2 Å². The lowest BCUT2D eigenvalue weighted by atomic mass is 9.78. The summed E-state index contributed by atoms with van der Waals surface area (Å²) in [7, 11) is 0. The second kappa shape index (κ2) is 7.06. The number of fused-ring (bicyclic) bond motifs is 1. The summed E-state index contributed by atoms with van der Waals surface area (Å²) in [4.78, 5) is 14.9. The third-order valence-electron chi connectivity index (χ3n) is 5.65. The normalized spacial score (nSPS) is 22.2. The van der Waals surface area contributed by atoms with E-state index in [2.05, 4.69) is 10.3 Å². The molecule has 1 aliphatic heterocycles. The second-order valence-electron chi connectivity index (χ2n) is 7.14. The summed E-state index contributed by atoms with van der Waals surface area (Å²) >= 11 is 0. The Balaban J connectivity index is 1.72. The van der Waals surface area contributed by atoms with Crippen molar-refractivity contribution in [3.63, 3.8) is 0 Å². The zero-order chi connectivity index (χ0) is 19.0. The molecule has 0 spiro atoms. The first-order valence-corrected chi connectivity index (χ1v) is 9.23. The molecule has 8 heteroatoms. The van der Waals surface area contributed by atoms with Gasteiger partial charge in [0.2, 0.25) is 0 Å². The van der Waals surface area contributed by atoms with E-state index >= 15 is 0 Å². The number of amides is 1. The number of hydrogen-bond donors (Lipinski definition) is 0. The highest BCUT2D eigenvalue weighted by Gasteiger charge is 2.37. The average molecular weight is 371 g/mol. The quantitative estimate of drug-likeness (QED) is 0.766. The van der Waals surface area contributed by atoms with E-state index in [0.717, 1.165) is 48.9 Å². The Morgan fingerprint density at radius 3 is 2.59 bits per heavy atom. The van der Waals surface area contributed by atoms with Crippen molar-refractivity contribution in [3.8, 4) is 17.3 Å². The molecule has 0 bridgehead atoms. The molecule has 4 rings (SSSR count). The number of hydrogen-bond acceptors (Lipinski definition) is 4. The maximum Gasteiger partial charge on any atom is 0.347 e. The lowest BCUT2D eigenvalue weighted by Crippen LogP contribution is -2.51. The van der Waals surface area contributed by atoms with Gasteiger partial charge < -0.3 is 4.90 Å². The molecule has 2 fully saturated rings. The van der Waals surface area contributed by atoms with E-state index in [-0.39, 0.29) is 17.4 Å². The average Bonchev–Trinajstić information content (AvgIpc) is 3.10. The fourth-order valence-corrected chi connectivity index (χ4v) is 4.39. The van der Waals surface area contributed by atoms with Crippen LogP contribution in [0.25, 0.3) is 11.3 Å². The smallest absolute Gasteiger partial charge is 0.320 e. The van der Waals surface area contributed by atoms with Crippen molar-refractivity contribution in [2.24, 2.45) is 5.92 Å². The first-order chi connectivity index (χ1) is 13.1. The van der Waals surface area contributed by atoms with Crippen LogP contribution in [0, 0.1) is 28.9 Å². The van der Waals surface area contributed by atoms with Crippen LogP contribution in [0.2, 0.25) is 0 Å². The summed E-state index contributed by atoms with van der Waals surface area (Å²) < 4.78 is 29.1. The van der Waals surface area contributed by atoms with E-state index < -0.39 is 23.2 Å². The van der Waals surface area contributed by atoms with Gasteiger partial charge in [0.05, 0.1) is 5.56 Å². The number of aromatic nitrogens is 3. The number of benzene rings is 1. The van der Waals surface area contributed by atoms with E-state index in [0.29, 0.717) is 12.5 Å². The Bertz CT molecular complexity index is 897. The van der Waals surface area contributed by atoms with Crippen molar-refractivity contribution in [1.29, 1.82) is 5.26 Å². The van der Waals surface area contributed by atoms with Crippen molar-refractivity contribution in [2.45, 2.75) is 44.6 Å². The Morgan fingerprint density at radius 2 is 1.85 bits per heavy atom. The molecule has 2 aromatic rings. The number of piperidine rings is 1. The van der Waals surface area contributed by atoms with E-state index in [1.165, 1.54) is 12.5 Å². The fraction of sp³-hybridized carbons (Fsp3) is 0.474. The number of halogens is 2. The molecule has 2 heterocycles. The van der Waals surface area contributed by atoms with Crippen molar-refractivity contribution in [3.05, 3.63) is 35.5 Å². The molecular weight excluding hydrogens is 352 g/mol. The summed E-state index contributed by atoms with van der Waals surface area (Å²) in [6.07, 6.45) is 6.27. The zero-order valence-corrected chi connectivity index (χ0v) is 14.7. The molecule has 27 heavy (non-hydrogen) atoms. The molecule has 1 saturated heterocycles. The molecular formula is C19H19F2N5O. The topological polar surface area (TPSA) is 74.8 Å². The predicted octanol–water partition coefficient (Wildman–Crippen LogP) is 3.72. The number of rotatable bonds is 1. The van der Waals surface area contributed by atoms with Crippen LogP contribution in [0.3, 0.4) is 0 Å². The molecule has 1 aromatic heterocycles. The highest BCUT2D eigenvalue weighted by molar-refractivity contribution is 5.80. The zero-order valence-electron chi connectivity index (χ0n) is 14.7. The van der Waals surface area contributed by atoms with Gasteiger partial charge in [0, 0.05) is 12.6 Å². The standard InChI is InChI=1S/C19H19F2N5O/c20-13-7-3-8-14(21)17(13)18-16(11-22)26(24-23-18)19(27)25-10-4-6-12-5-1-2-9-15(12)25/h3,7-8,12,15H,1-2,4-6,9-10H2. The van der Waals surface area contributed by atoms with Crippen molar-refractivity contribution in [2.75, 3.05) is 6.54 Å². The summed E-state index contributed by atoms with van der Waals surface area (Å²) in [5, 5.41) is 17.1. The predicted molar refractivity (Wildman–Crippen MR) is 92.6 cm³/mol. The number of carbonyl (C=O) groups excluding carboxylic acids is 1. The molecule has 2 atom stereocenters. The van der Waals surface area contributed by atoms with Gasteiger partial charge in [-0.15, -0.1) is 5.10 Å². The molecule has 0 radical (unpaired) electrons. The van der Waals surface area contributed by atoms with Crippen LogP contribution in [-0.4, -0.2) is 38.5 Å². The lowest BCUT2D eigenvalue weighted by Gasteiger charge is -2.43. The Kier molecular flexibility index (Phi) is 4.60. The summed E-state index contributed by atoms with van der Waals surface area (Å²) in [5.41, 5.74) is -0.942. The second-order valence-corrected chi connectivity index (χ2v) is 7.14. The molecule has 6 nitrogen and oxygen atoms in total. The van der Waals surface area contributed by atoms with Crippen LogP contribution in [0.5, 0.6) is 0 Å². The van der Waals surface area contributed by atoms with Gasteiger partial charge in [-0.1, -0.05) is 24.1 Å². The molecule has 1 aliphatic carbocycles. The molecule has 0 N–H and O–H groups in total. The molecule has 2 aliphatic rings. The Morgan fingerprint density at radius 1 is 1.15 bits per heavy atom. The highest BCUT2D eigenvalue weighted by Crippen LogP contribution is 2.36. The minimum absolute atomic E-state index is 0.129. The van der Waals surface area contributed by atoms with Crippen molar-refractivity contribution in [1.82, 2.24) is 19.9 Å². The third-order valence-corrected chi connectivity index (χ3v) is 5.65. The van der Waals surface area contributed by atoms with Crippen LogP contribution < -0.4 is 0 Å². The van der Waals surface area contributed by atoms with Gasteiger partial charge in [0.15, 0.2) is 5.69 Å². The Hall–Kier alpha value is -2.82. The van der Waals surface area contributed by atoms with Gasteiger partial charge in [0.25, 0.3) is 0 Å². The lowest BCUT2D eigenvalue weighted by molar-refractivity contribution is 0.0831. The largest absolute Gasteiger partial charge is 0.347 e. The van der Waals surface area contributed by atoms with Crippen LogP contribution in [0.4, 0.5) is 13.6 Å². The van der Waals surface area contributed by atoms with Gasteiger partial charge in [-0.05, 0) is 43.7 Å². The van der Waals surface area contributed by atoms with Gasteiger partial charge >= 0.3 is 6.03 Å². The number of nitriles is 1. The van der Waals surface area contributed by atoms with Crippen molar-refractivity contribution < 1.29 is 13.6 Å². The monoisotopic (exact) mass is 371 g/mol. The highest BCUT2D eigenvalue weighted by atomic mass is 19.1. The Labute approximate surface area is 155 Å². The number of nitrogens with zero attached hydrogens (tertiary/aromatic N) is 5. The van der Waals surface area contributed by atoms with Crippen LogP contribution >= 0.6 is 0 Å². The number of carbonyl (C=O) groups is 1.